The first-order chi connectivity index (χ1) is 8.88. The zero-order valence-corrected chi connectivity index (χ0v) is 11.3. The Morgan fingerprint density at radius 1 is 1.17 bits per heavy atom. The van der Waals surface area contributed by atoms with Crippen LogP contribution in [0.25, 0.3) is 10.9 Å². The Hall–Kier alpha value is -1.36. The van der Waals surface area contributed by atoms with Gasteiger partial charge in [-0.05, 0) is 23.1 Å². The standard InChI is InChI=1S/C14H12N2S2/c15-8-10-9-16-12-5-2-1-4-11(12)14(10)18-13-6-3-7-17-13/h1-7,9H,8,15H2. The predicted octanol–water partition coefficient (Wildman–Crippen LogP) is 3.91. The molecule has 2 heterocycles. The van der Waals surface area contributed by atoms with Gasteiger partial charge in [0, 0.05) is 23.0 Å². The van der Waals surface area contributed by atoms with Gasteiger partial charge in [-0.15, -0.1) is 11.3 Å². The summed E-state index contributed by atoms with van der Waals surface area (Å²) in [5, 5.41) is 3.27. The monoisotopic (exact) mass is 272 g/mol. The van der Waals surface area contributed by atoms with Crippen molar-refractivity contribution in [2.75, 3.05) is 0 Å². The van der Waals surface area contributed by atoms with Gasteiger partial charge in [0.2, 0.25) is 0 Å². The first kappa shape index (κ1) is 11.7. The molecule has 0 unspecified atom stereocenters. The van der Waals surface area contributed by atoms with Crippen LogP contribution in [0.5, 0.6) is 0 Å². The zero-order valence-electron chi connectivity index (χ0n) is 9.67. The number of fused-ring (bicyclic) bond motifs is 1. The number of benzene rings is 1. The van der Waals surface area contributed by atoms with Crippen LogP contribution >= 0.6 is 23.1 Å². The first-order valence-corrected chi connectivity index (χ1v) is 7.36. The highest BCUT2D eigenvalue weighted by Crippen LogP contribution is 2.37. The van der Waals surface area contributed by atoms with Crippen molar-refractivity contribution in [3.63, 3.8) is 0 Å². The third kappa shape index (κ3) is 2.14. The molecular weight excluding hydrogens is 260 g/mol. The number of nitrogens with zero attached hydrogens (tertiary/aromatic N) is 1. The van der Waals surface area contributed by atoms with E-state index in [2.05, 4.69) is 28.6 Å². The fraction of sp³-hybridized carbons (Fsp3) is 0.0714. The van der Waals surface area contributed by atoms with E-state index in [0.717, 1.165) is 11.1 Å². The number of thiophene rings is 1. The largest absolute Gasteiger partial charge is 0.326 e. The highest BCUT2D eigenvalue weighted by molar-refractivity contribution is 8.01. The van der Waals surface area contributed by atoms with Crippen molar-refractivity contribution in [1.29, 1.82) is 0 Å². The average molecular weight is 272 g/mol. The summed E-state index contributed by atoms with van der Waals surface area (Å²) in [6, 6.07) is 12.4. The molecule has 3 aromatic rings. The highest BCUT2D eigenvalue weighted by Gasteiger charge is 2.09. The Morgan fingerprint density at radius 3 is 2.83 bits per heavy atom. The van der Waals surface area contributed by atoms with Gasteiger partial charge >= 0.3 is 0 Å². The summed E-state index contributed by atoms with van der Waals surface area (Å²) >= 11 is 3.52. The molecule has 2 aromatic heterocycles. The fourth-order valence-corrected chi connectivity index (χ4v) is 3.80. The van der Waals surface area contributed by atoms with Gasteiger partial charge in [0.1, 0.15) is 0 Å². The molecule has 0 aliphatic rings. The molecule has 3 rings (SSSR count). The summed E-state index contributed by atoms with van der Waals surface area (Å²) in [6.07, 6.45) is 1.89. The Morgan fingerprint density at radius 2 is 2.06 bits per heavy atom. The van der Waals surface area contributed by atoms with Crippen LogP contribution in [0.3, 0.4) is 0 Å². The van der Waals surface area contributed by atoms with E-state index in [1.807, 2.05) is 24.4 Å². The lowest BCUT2D eigenvalue weighted by atomic mass is 10.1. The minimum absolute atomic E-state index is 0.519. The molecule has 90 valence electrons. The van der Waals surface area contributed by atoms with E-state index in [1.165, 1.54) is 14.5 Å². The lowest BCUT2D eigenvalue weighted by Gasteiger charge is -2.09. The Bertz CT molecular complexity index is 663. The average Bonchev–Trinajstić information content (AvgIpc) is 2.92. The normalized spacial score (nSPS) is 10.9. The topological polar surface area (TPSA) is 38.9 Å². The number of aromatic nitrogens is 1. The quantitative estimate of drug-likeness (QED) is 0.785. The minimum atomic E-state index is 0.519. The van der Waals surface area contributed by atoms with Crippen molar-refractivity contribution >= 4 is 34.0 Å². The maximum Gasteiger partial charge on any atom is 0.0713 e. The van der Waals surface area contributed by atoms with Crippen LogP contribution in [0.4, 0.5) is 0 Å². The smallest absolute Gasteiger partial charge is 0.0713 e. The number of para-hydroxylation sites is 1. The summed E-state index contributed by atoms with van der Waals surface area (Å²) in [6.45, 7) is 0.519. The molecule has 0 radical (unpaired) electrons. The van der Waals surface area contributed by atoms with Crippen LogP contribution in [0, 0.1) is 0 Å². The first-order valence-electron chi connectivity index (χ1n) is 5.66. The molecule has 0 amide bonds. The van der Waals surface area contributed by atoms with E-state index in [9.17, 15) is 0 Å². The third-order valence-electron chi connectivity index (χ3n) is 2.72. The van der Waals surface area contributed by atoms with E-state index in [1.54, 1.807) is 23.1 Å². The van der Waals surface area contributed by atoms with Crippen LogP contribution in [0.2, 0.25) is 0 Å². The molecule has 0 fully saturated rings. The van der Waals surface area contributed by atoms with E-state index >= 15 is 0 Å². The van der Waals surface area contributed by atoms with Crippen molar-refractivity contribution in [1.82, 2.24) is 4.98 Å². The van der Waals surface area contributed by atoms with Crippen molar-refractivity contribution in [2.24, 2.45) is 5.73 Å². The van der Waals surface area contributed by atoms with Gasteiger partial charge < -0.3 is 5.73 Å². The van der Waals surface area contributed by atoms with Crippen LogP contribution in [-0.2, 0) is 6.54 Å². The Labute approximate surface area is 114 Å². The van der Waals surface area contributed by atoms with Gasteiger partial charge in [-0.3, -0.25) is 4.98 Å². The number of hydrogen-bond acceptors (Lipinski definition) is 4. The zero-order chi connectivity index (χ0) is 12.4. The summed E-state index contributed by atoms with van der Waals surface area (Å²) < 4.78 is 1.28. The van der Waals surface area contributed by atoms with Crippen molar-refractivity contribution in [3.8, 4) is 0 Å². The van der Waals surface area contributed by atoms with E-state index < -0.39 is 0 Å². The van der Waals surface area contributed by atoms with Gasteiger partial charge in [0.25, 0.3) is 0 Å². The van der Waals surface area contributed by atoms with E-state index in [4.69, 9.17) is 5.73 Å². The molecular formula is C14H12N2S2. The van der Waals surface area contributed by atoms with E-state index in [-0.39, 0.29) is 0 Å². The molecule has 1 aromatic carbocycles. The highest BCUT2D eigenvalue weighted by atomic mass is 32.2. The second-order valence-corrected chi connectivity index (χ2v) is 6.13. The summed E-state index contributed by atoms with van der Waals surface area (Å²) in [5.41, 5.74) is 7.95. The van der Waals surface area contributed by atoms with Crippen molar-refractivity contribution in [2.45, 2.75) is 15.6 Å². The van der Waals surface area contributed by atoms with Gasteiger partial charge in [0.15, 0.2) is 0 Å². The van der Waals surface area contributed by atoms with E-state index in [0.29, 0.717) is 6.54 Å². The summed E-state index contributed by atoms with van der Waals surface area (Å²) in [7, 11) is 0. The SMILES string of the molecule is NCc1cnc2ccccc2c1Sc1cccs1. The molecule has 18 heavy (non-hydrogen) atoms. The predicted molar refractivity (Wildman–Crippen MR) is 78.1 cm³/mol. The maximum absolute atomic E-state index is 5.82. The van der Waals surface area contributed by atoms with Crippen LogP contribution in [0.15, 0.2) is 57.1 Å². The second-order valence-electron chi connectivity index (χ2n) is 3.87. The van der Waals surface area contributed by atoms with Gasteiger partial charge in [-0.25, -0.2) is 0 Å². The molecule has 0 aliphatic carbocycles. The second kappa shape index (κ2) is 5.10. The van der Waals surface area contributed by atoms with Crippen LogP contribution in [-0.4, -0.2) is 4.98 Å². The summed E-state index contributed by atoms with van der Waals surface area (Å²) in [5.74, 6) is 0. The van der Waals surface area contributed by atoms with Gasteiger partial charge in [-0.2, -0.15) is 0 Å². The molecule has 2 nitrogen and oxygen atoms in total. The summed E-state index contributed by atoms with van der Waals surface area (Å²) in [4.78, 5) is 5.68. The van der Waals surface area contributed by atoms with Gasteiger partial charge in [-0.1, -0.05) is 36.0 Å². The fourth-order valence-electron chi connectivity index (χ4n) is 1.85. The molecule has 0 saturated carbocycles. The lowest BCUT2D eigenvalue weighted by molar-refractivity contribution is 1.02. The molecule has 0 aliphatic heterocycles. The molecule has 0 bridgehead atoms. The molecule has 0 spiro atoms. The minimum Gasteiger partial charge on any atom is -0.326 e. The number of rotatable bonds is 3. The molecule has 0 atom stereocenters. The number of pyridine rings is 1. The van der Waals surface area contributed by atoms with Crippen molar-refractivity contribution < 1.29 is 0 Å². The third-order valence-corrected chi connectivity index (χ3v) is 4.94. The van der Waals surface area contributed by atoms with Crippen LogP contribution < -0.4 is 5.73 Å². The maximum atomic E-state index is 5.82. The lowest BCUT2D eigenvalue weighted by Crippen LogP contribution is -2.00. The Balaban J connectivity index is 2.17. The number of nitrogens with two attached hydrogens (primary N) is 1. The van der Waals surface area contributed by atoms with Gasteiger partial charge in [0.05, 0.1) is 9.73 Å². The molecule has 4 heteroatoms. The van der Waals surface area contributed by atoms with Crippen LogP contribution in [0.1, 0.15) is 5.56 Å². The molecule has 2 N–H and O–H groups in total. The number of hydrogen-bond donors (Lipinski definition) is 1. The Kier molecular flexibility index (Phi) is 3.32. The van der Waals surface area contributed by atoms with Crippen molar-refractivity contribution in [3.05, 3.63) is 53.5 Å². The molecule has 0 saturated heterocycles.